The molecule has 1 fully saturated rings. The molecule has 0 aliphatic carbocycles. The van der Waals surface area contributed by atoms with Crippen LogP contribution in [0.2, 0.25) is 0 Å². The van der Waals surface area contributed by atoms with Gasteiger partial charge in [-0.1, -0.05) is 23.8 Å². The Labute approximate surface area is 258 Å². The number of amides is 3. The number of anilines is 1. The average Bonchev–Trinajstić information content (AvgIpc) is 3.74. The second-order valence-corrected chi connectivity index (χ2v) is 10.8. The van der Waals surface area contributed by atoms with Crippen LogP contribution < -0.4 is 16.2 Å². The molecule has 0 radical (unpaired) electrons. The molecule has 4 aromatic rings. The summed E-state index contributed by atoms with van der Waals surface area (Å²) < 4.78 is 6.14. The van der Waals surface area contributed by atoms with Gasteiger partial charge in [0.05, 0.1) is 30.1 Å². The van der Waals surface area contributed by atoms with Crippen molar-refractivity contribution in [3.8, 4) is 16.8 Å². The number of carbonyl (C=O) groups excluding carboxylic acids is 3. The molecule has 2 aromatic heterocycles. The third-order valence-corrected chi connectivity index (χ3v) is 7.62. The molecule has 3 N–H and O–H groups in total. The number of methoxy groups -OCH3 is 1. The molecule has 1 aliphatic rings. The van der Waals surface area contributed by atoms with Crippen LogP contribution in [0.25, 0.3) is 22.9 Å². The van der Waals surface area contributed by atoms with Crippen LogP contribution in [-0.2, 0) is 14.3 Å². The maximum atomic E-state index is 13.3. The van der Waals surface area contributed by atoms with Gasteiger partial charge in [0.1, 0.15) is 6.33 Å². The molecular weight excluding hydrogens is 578 g/mol. The molecule has 2 atom stereocenters. The van der Waals surface area contributed by atoms with Gasteiger partial charge in [-0.25, -0.2) is 9.89 Å². The van der Waals surface area contributed by atoms with Crippen LogP contribution in [0, 0.1) is 12.8 Å². The van der Waals surface area contributed by atoms with Gasteiger partial charge in [-0.15, -0.1) is 5.10 Å². The summed E-state index contributed by atoms with van der Waals surface area (Å²) in [6.07, 6.45) is 5.29. The van der Waals surface area contributed by atoms with Crippen molar-refractivity contribution in [1.82, 2.24) is 40.6 Å². The van der Waals surface area contributed by atoms with E-state index in [9.17, 15) is 19.2 Å². The summed E-state index contributed by atoms with van der Waals surface area (Å²) in [6, 6.07) is 13.5. The largest absolute Gasteiger partial charge is 0.453 e. The molecule has 3 heterocycles. The maximum Gasteiger partial charge on any atom is 0.411 e. The van der Waals surface area contributed by atoms with Gasteiger partial charge in [0.2, 0.25) is 11.8 Å². The van der Waals surface area contributed by atoms with Crippen molar-refractivity contribution in [2.24, 2.45) is 5.92 Å². The SMILES string of the molecule is COC(=O)Nc1ccc(-c2cc([C@H](CC3CCN(C(C)=O)C3)NC(=O)/C=C/c3cc(C)ccc3-n3cnnn3)n[nH]c2=O)cc1. The Morgan fingerprint density at radius 3 is 2.64 bits per heavy atom. The summed E-state index contributed by atoms with van der Waals surface area (Å²) in [7, 11) is 1.27. The van der Waals surface area contributed by atoms with Crippen LogP contribution in [0.15, 0.2) is 65.7 Å². The Balaban J connectivity index is 1.41. The van der Waals surface area contributed by atoms with E-state index in [2.05, 4.69) is 41.1 Å². The predicted molar refractivity (Wildman–Crippen MR) is 165 cm³/mol. The number of aromatic nitrogens is 6. The van der Waals surface area contributed by atoms with Gasteiger partial charge >= 0.3 is 6.09 Å². The smallest absolute Gasteiger partial charge is 0.411 e. The minimum Gasteiger partial charge on any atom is -0.453 e. The Bertz CT molecular complexity index is 1770. The average molecular weight is 612 g/mol. The number of tetrazole rings is 1. The number of aryl methyl sites for hydroxylation is 1. The van der Waals surface area contributed by atoms with Crippen molar-refractivity contribution < 1.29 is 19.1 Å². The lowest BCUT2D eigenvalue weighted by Gasteiger charge is -2.22. The topological polar surface area (TPSA) is 177 Å². The molecule has 0 spiro atoms. The number of nitrogens with zero attached hydrogens (tertiary/aromatic N) is 6. The molecule has 232 valence electrons. The van der Waals surface area contributed by atoms with Crippen molar-refractivity contribution in [3.63, 3.8) is 0 Å². The lowest BCUT2D eigenvalue weighted by atomic mass is 9.95. The number of rotatable bonds is 9. The number of nitrogens with one attached hydrogen (secondary N) is 3. The molecule has 0 saturated carbocycles. The summed E-state index contributed by atoms with van der Waals surface area (Å²) in [4.78, 5) is 51.5. The number of hydrogen-bond acceptors (Lipinski definition) is 9. The van der Waals surface area contributed by atoms with Crippen LogP contribution in [0.3, 0.4) is 0 Å². The molecule has 2 aromatic carbocycles. The van der Waals surface area contributed by atoms with Gasteiger partial charge in [0, 0.05) is 37.3 Å². The zero-order valence-electron chi connectivity index (χ0n) is 25.1. The molecule has 1 aliphatic heterocycles. The fourth-order valence-corrected chi connectivity index (χ4v) is 5.29. The van der Waals surface area contributed by atoms with E-state index in [1.165, 1.54) is 24.2 Å². The first-order valence-corrected chi connectivity index (χ1v) is 14.3. The Morgan fingerprint density at radius 1 is 1.16 bits per heavy atom. The molecule has 3 amide bonds. The normalized spacial score (nSPS) is 15.2. The number of hydrogen-bond donors (Lipinski definition) is 3. The van der Waals surface area contributed by atoms with Crippen LogP contribution in [-0.4, -0.2) is 73.4 Å². The van der Waals surface area contributed by atoms with E-state index in [-0.39, 0.29) is 17.7 Å². The van der Waals surface area contributed by atoms with Crippen molar-refractivity contribution in [2.45, 2.75) is 32.7 Å². The van der Waals surface area contributed by atoms with Crippen LogP contribution in [0.4, 0.5) is 10.5 Å². The number of H-pyrrole nitrogens is 1. The highest BCUT2D eigenvalue weighted by Crippen LogP contribution is 2.29. The molecule has 14 heteroatoms. The van der Waals surface area contributed by atoms with E-state index in [1.54, 1.807) is 48.2 Å². The van der Waals surface area contributed by atoms with Crippen LogP contribution in [0.5, 0.6) is 0 Å². The van der Waals surface area contributed by atoms with Crippen molar-refractivity contribution in [1.29, 1.82) is 0 Å². The standard InChI is InChI=1S/C31H33N9O5/c1-19-4-10-28(40-18-32-37-38-40)23(14-19)7-11-29(42)34-26(15-21-12-13-39(17-21)20(2)41)27-16-25(30(43)36-35-27)22-5-8-24(9-6-22)33-31(44)45-3/h4-11,14,16,18,21,26H,12-13,15,17H2,1-3H3,(H,33,44)(H,34,42)(H,36,43)/b11-7+/t21?,26-/m0/s1. The number of likely N-dealkylation sites (tertiary alicyclic amines) is 1. The highest BCUT2D eigenvalue weighted by atomic mass is 16.5. The zero-order valence-corrected chi connectivity index (χ0v) is 25.1. The molecule has 0 bridgehead atoms. The first-order valence-electron chi connectivity index (χ1n) is 14.3. The third kappa shape index (κ3) is 7.65. The Morgan fingerprint density at radius 2 is 1.96 bits per heavy atom. The monoisotopic (exact) mass is 611 g/mol. The Hall–Kier alpha value is -5.66. The summed E-state index contributed by atoms with van der Waals surface area (Å²) >= 11 is 0. The minimum absolute atomic E-state index is 0.00662. The predicted octanol–water partition coefficient (Wildman–Crippen LogP) is 3.03. The summed E-state index contributed by atoms with van der Waals surface area (Å²) in [5, 5.41) is 23.9. The van der Waals surface area contributed by atoms with E-state index in [4.69, 9.17) is 0 Å². The highest BCUT2D eigenvalue weighted by Gasteiger charge is 2.29. The molecule has 45 heavy (non-hydrogen) atoms. The number of ether oxygens (including phenoxy) is 1. The van der Waals surface area contributed by atoms with Crippen molar-refractivity contribution in [3.05, 3.63) is 88.1 Å². The number of carbonyl (C=O) groups is 3. The van der Waals surface area contributed by atoms with Gasteiger partial charge in [0.15, 0.2) is 0 Å². The second-order valence-electron chi connectivity index (χ2n) is 10.8. The molecule has 1 saturated heterocycles. The summed E-state index contributed by atoms with van der Waals surface area (Å²) in [5.41, 5.74) is 3.96. The van der Waals surface area contributed by atoms with Gasteiger partial charge in [-0.3, -0.25) is 19.7 Å². The van der Waals surface area contributed by atoms with Gasteiger partial charge in [-0.05, 0) is 78.1 Å². The molecule has 1 unspecified atom stereocenters. The van der Waals surface area contributed by atoms with Crippen molar-refractivity contribution in [2.75, 3.05) is 25.5 Å². The van der Waals surface area contributed by atoms with E-state index >= 15 is 0 Å². The fourth-order valence-electron chi connectivity index (χ4n) is 5.29. The fraction of sp³-hybridized carbons (Fsp3) is 0.290. The van der Waals surface area contributed by atoms with Gasteiger partial charge < -0.3 is 15.0 Å². The summed E-state index contributed by atoms with van der Waals surface area (Å²) in [5.74, 6) is -0.238. The molecular formula is C31H33N9O5. The first-order chi connectivity index (χ1) is 21.7. The van der Waals surface area contributed by atoms with E-state index < -0.39 is 17.7 Å². The van der Waals surface area contributed by atoms with Gasteiger partial charge in [0.25, 0.3) is 5.56 Å². The van der Waals surface area contributed by atoms with E-state index in [1.807, 2.05) is 25.1 Å². The lowest BCUT2D eigenvalue weighted by molar-refractivity contribution is -0.128. The summed E-state index contributed by atoms with van der Waals surface area (Å²) in [6.45, 7) is 4.71. The van der Waals surface area contributed by atoms with Gasteiger partial charge in [-0.2, -0.15) is 9.78 Å². The number of benzene rings is 2. The third-order valence-electron chi connectivity index (χ3n) is 7.62. The molecule has 14 nitrogen and oxygen atoms in total. The van der Waals surface area contributed by atoms with E-state index in [0.717, 1.165) is 17.5 Å². The molecule has 5 rings (SSSR count). The quantitative estimate of drug-likeness (QED) is 0.240. The lowest BCUT2D eigenvalue weighted by Crippen LogP contribution is -2.31. The van der Waals surface area contributed by atoms with E-state index in [0.29, 0.717) is 47.7 Å². The second kappa shape index (κ2) is 13.8. The van der Waals surface area contributed by atoms with Crippen molar-refractivity contribution >= 4 is 29.7 Å². The number of aromatic amines is 1. The first kappa shape index (κ1) is 30.8. The minimum atomic E-state index is -0.608. The zero-order chi connectivity index (χ0) is 31.9. The van der Waals surface area contributed by atoms with Crippen LogP contribution in [0.1, 0.15) is 42.6 Å². The Kier molecular flexibility index (Phi) is 9.41. The van der Waals surface area contributed by atoms with Crippen LogP contribution >= 0.6 is 0 Å². The maximum absolute atomic E-state index is 13.3. The highest BCUT2D eigenvalue weighted by molar-refractivity contribution is 5.92.